The van der Waals surface area contributed by atoms with E-state index >= 15 is 0 Å². The van der Waals surface area contributed by atoms with Crippen molar-refractivity contribution in [2.75, 3.05) is 7.11 Å². The van der Waals surface area contributed by atoms with Gasteiger partial charge in [-0.1, -0.05) is 18.2 Å². The summed E-state index contributed by atoms with van der Waals surface area (Å²) in [6, 6.07) is 13.5. The molecule has 0 heterocycles. The molecule has 0 fully saturated rings. The maximum absolute atomic E-state index is 9.56. The van der Waals surface area contributed by atoms with Crippen LogP contribution in [0, 0.1) is 6.92 Å². The van der Waals surface area contributed by atoms with E-state index in [9.17, 15) is 5.11 Å². The van der Waals surface area contributed by atoms with Gasteiger partial charge in [0.2, 0.25) is 0 Å². The van der Waals surface area contributed by atoms with Gasteiger partial charge in [-0.15, -0.1) is 0 Å². The first-order valence-corrected chi connectivity index (χ1v) is 6.64. The van der Waals surface area contributed by atoms with Crippen molar-refractivity contribution in [2.45, 2.75) is 26.6 Å². The van der Waals surface area contributed by atoms with Crippen LogP contribution in [0.3, 0.4) is 0 Å². The predicted octanol–water partition coefficient (Wildman–Crippen LogP) is 3.64. The van der Waals surface area contributed by atoms with E-state index in [2.05, 4.69) is 6.07 Å². The normalized spacial score (nSPS) is 12.0. The summed E-state index contributed by atoms with van der Waals surface area (Å²) in [4.78, 5) is 0. The lowest BCUT2D eigenvalue weighted by Gasteiger charge is -2.11. The van der Waals surface area contributed by atoms with Gasteiger partial charge in [-0.3, -0.25) is 0 Å². The van der Waals surface area contributed by atoms with E-state index < -0.39 is 6.10 Å². The van der Waals surface area contributed by atoms with Crippen molar-refractivity contribution >= 4 is 0 Å². The summed E-state index contributed by atoms with van der Waals surface area (Å²) in [6.45, 7) is 4.25. The molecule has 1 unspecified atom stereocenters. The van der Waals surface area contributed by atoms with Crippen LogP contribution in [0.25, 0.3) is 0 Å². The number of methoxy groups -OCH3 is 1. The van der Waals surface area contributed by atoms with Crippen molar-refractivity contribution in [1.82, 2.24) is 0 Å². The Morgan fingerprint density at radius 3 is 2.60 bits per heavy atom. The van der Waals surface area contributed by atoms with Crippen molar-refractivity contribution in [1.29, 1.82) is 0 Å². The van der Waals surface area contributed by atoms with Crippen LogP contribution >= 0.6 is 0 Å². The molecule has 0 aliphatic rings. The Hall–Kier alpha value is -2.00. The van der Waals surface area contributed by atoms with E-state index in [0.29, 0.717) is 6.61 Å². The Kier molecular flexibility index (Phi) is 4.64. The van der Waals surface area contributed by atoms with Crippen molar-refractivity contribution in [3.8, 4) is 11.5 Å². The van der Waals surface area contributed by atoms with Gasteiger partial charge in [0.25, 0.3) is 0 Å². The zero-order chi connectivity index (χ0) is 14.5. The molecule has 1 N–H and O–H groups in total. The molecular weight excluding hydrogens is 252 g/mol. The smallest absolute Gasteiger partial charge is 0.121 e. The minimum Gasteiger partial charge on any atom is -0.496 e. The Bertz CT molecular complexity index is 576. The molecule has 0 spiro atoms. The van der Waals surface area contributed by atoms with Crippen LogP contribution in [0.4, 0.5) is 0 Å². The van der Waals surface area contributed by atoms with E-state index in [1.54, 1.807) is 14.0 Å². The number of hydrogen-bond acceptors (Lipinski definition) is 3. The van der Waals surface area contributed by atoms with Crippen LogP contribution in [0.1, 0.15) is 29.7 Å². The fraction of sp³-hybridized carbons (Fsp3) is 0.294. The molecule has 0 radical (unpaired) electrons. The standard InChI is InChI=1S/C17H20O3/c1-12-9-14(7-8-17(12)19-3)11-20-16-6-4-5-15(10-16)13(2)18/h4-10,13,18H,11H2,1-3H3. The molecule has 3 nitrogen and oxygen atoms in total. The molecule has 0 aliphatic carbocycles. The van der Waals surface area contributed by atoms with Crippen molar-refractivity contribution in [3.05, 3.63) is 59.2 Å². The van der Waals surface area contributed by atoms with E-state index in [1.807, 2.05) is 43.3 Å². The van der Waals surface area contributed by atoms with Gasteiger partial charge in [0.05, 0.1) is 13.2 Å². The lowest BCUT2D eigenvalue weighted by atomic mass is 10.1. The van der Waals surface area contributed by atoms with Gasteiger partial charge >= 0.3 is 0 Å². The maximum Gasteiger partial charge on any atom is 0.121 e. The van der Waals surface area contributed by atoms with Crippen LogP contribution in [-0.4, -0.2) is 12.2 Å². The number of aliphatic hydroxyl groups is 1. The van der Waals surface area contributed by atoms with E-state index in [-0.39, 0.29) is 0 Å². The van der Waals surface area contributed by atoms with Crippen molar-refractivity contribution in [2.24, 2.45) is 0 Å². The molecule has 20 heavy (non-hydrogen) atoms. The highest BCUT2D eigenvalue weighted by Gasteiger charge is 2.04. The summed E-state index contributed by atoms with van der Waals surface area (Å²) in [5, 5.41) is 9.56. The van der Waals surface area contributed by atoms with Crippen LogP contribution in [0.15, 0.2) is 42.5 Å². The van der Waals surface area contributed by atoms with E-state index in [4.69, 9.17) is 9.47 Å². The first-order valence-electron chi connectivity index (χ1n) is 6.64. The quantitative estimate of drug-likeness (QED) is 0.903. The highest BCUT2D eigenvalue weighted by Crippen LogP contribution is 2.22. The first kappa shape index (κ1) is 14.4. The van der Waals surface area contributed by atoms with Gasteiger partial charge in [-0.2, -0.15) is 0 Å². The third-order valence-corrected chi connectivity index (χ3v) is 3.21. The van der Waals surface area contributed by atoms with Crippen molar-refractivity contribution in [3.63, 3.8) is 0 Å². The molecule has 106 valence electrons. The minimum absolute atomic E-state index is 0.484. The van der Waals surface area contributed by atoms with Crippen LogP contribution in [-0.2, 0) is 6.61 Å². The average Bonchev–Trinajstić information content (AvgIpc) is 2.45. The number of aliphatic hydroxyl groups excluding tert-OH is 1. The number of hydrogen-bond donors (Lipinski definition) is 1. The predicted molar refractivity (Wildman–Crippen MR) is 79.1 cm³/mol. The Morgan fingerprint density at radius 1 is 1.15 bits per heavy atom. The Labute approximate surface area is 119 Å². The molecule has 3 heteroatoms. The second-order valence-electron chi connectivity index (χ2n) is 4.84. The summed E-state index contributed by atoms with van der Waals surface area (Å²) in [7, 11) is 1.67. The molecular formula is C17H20O3. The Balaban J connectivity index is 2.05. The molecule has 1 atom stereocenters. The van der Waals surface area contributed by atoms with Gasteiger partial charge in [-0.25, -0.2) is 0 Å². The summed E-state index contributed by atoms with van der Waals surface area (Å²) < 4.78 is 11.0. The zero-order valence-electron chi connectivity index (χ0n) is 12.1. The largest absolute Gasteiger partial charge is 0.496 e. The SMILES string of the molecule is COc1ccc(COc2cccc(C(C)O)c2)cc1C. The topological polar surface area (TPSA) is 38.7 Å². The fourth-order valence-corrected chi connectivity index (χ4v) is 2.06. The monoisotopic (exact) mass is 272 g/mol. The van der Waals surface area contributed by atoms with Crippen molar-refractivity contribution < 1.29 is 14.6 Å². The highest BCUT2D eigenvalue weighted by atomic mass is 16.5. The molecule has 0 aromatic heterocycles. The van der Waals surface area contributed by atoms with Gasteiger partial charge < -0.3 is 14.6 Å². The molecule has 0 aliphatic heterocycles. The lowest BCUT2D eigenvalue weighted by Crippen LogP contribution is -1.98. The second-order valence-corrected chi connectivity index (χ2v) is 4.84. The van der Waals surface area contributed by atoms with E-state index in [0.717, 1.165) is 28.2 Å². The van der Waals surface area contributed by atoms with Gasteiger partial charge in [0, 0.05) is 0 Å². The van der Waals surface area contributed by atoms with Gasteiger partial charge in [-0.05, 0) is 54.8 Å². The molecule has 0 bridgehead atoms. The number of benzene rings is 2. The summed E-state index contributed by atoms with van der Waals surface area (Å²) in [5.41, 5.74) is 3.03. The average molecular weight is 272 g/mol. The number of ether oxygens (including phenoxy) is 2. The molecule has 2 aromatic carbocycles. The van der Waals surface area contributed by atoms with E-state index in [1.165, 1.54) is 0 Å². The zero-order valence-corrected chi connectivity index (χ0v) is 12.1. The maximum atomic E-state index is 9.56. The van der Waals surface area contributed by atoms with Crippen LogP contribution in [0.2, 0.25) is 0 Å². The lowest BCUT2D eigenvalue weighted by molar-refractivity contribution is 0.198. The highest BCUT2D eigenvalue weighted by molar-refractivity contribution is 5.36. The minimum atomic E-state index is -0.484. The number of rotatable bonds is 5. The summed E-state index contributed by atoms with van der Waals surface area (Å²) in [5.74, 6) is 1.64. The summed E-state index contributed by atoms with van der Waals surface area (Å²) in [6.07, 6.45) is -0.484. The third-order valence-electron chi connectivity index (χ3n) is 3.21. The third kappa shape index (κ3) is 3.52. The molecule has 0 saturated heterocycles. The first-order chi connectivity index (χ1) is 9.60. The second kappa shape index (κ2) is 6.44. The van der Waals surface area contributed by atoms with Gasteiger partial charge in [0.15, 0.2) is 0 Å². The fourth-order valence-electron chi connectivity index (χ4n) is 2.06. The molecule has 0 amide bonds. The molecule has 2 rings (SSSR count). The van der Waals surface area contributed by atoms with Crippen LogP contribution in [0.5, 0.6) is 11.5 Å². The Morgan fingerprint density at radius 2 is 1.95 bits per heavy atom. The van der Waals surface area contributed by atoms with Crippen LogP contribution < -0.4 is 9.47 Å². The summed E-state index contributed by atoms with van der Waals surface area (Å²) >= 11 is 0. The molecule has 0 saturated carbocycles. The van der Waals surface area contributed by atoms with Gasteiger partial charge in [0.1, 0.15) is 18.1 Å². The number of aryl methyl sites for hydroxylation is 1. The molecule has 2 aromatic rings.